The van der Waals surface area contributed by atoms with Crippen LogP contribution in [0.5, 0.6) is 0 Å². The number of benzene rings is 1. The van der Waals surface area contributed by atoms with Gasteiger partial charge in [0, 0.05) is 24.2 Å². The minimum absolute atomic E-state index is 0.263. The summed E-state index contributed by atoms with van der Waals surface area (Å²) in [5.41, 5.74) is 12.8. The van der Waals surface area contributed by atoms with E-state index >= 15 is 0 Å². The summed E-state index contributed by atoms with van der Waals surface area (Å²) < 4.78 is 2.17. The molecule has 0 fully saturated rings. The number of nitrogens with zero attached hydrogens (tertiary/aromatic N) is 2. The number of nitrogens with two attached hydrogens (primary N) is 1. The van der Waals surface area contributed by atoms with E-state index < -0.39 is 0 Å². The number of fused-ring (bicyclic) bond motifs is 1. The molecule has 0 amide bonds. The minimum Gasteiger partial charge on any atom is -0.330 e. The van der Waals surface area contributed by atoms with Gasteiger partial charge in [0.1, 0.15) is 5.65 Å². The molecule has 0 aliphatic rings. The fourth-order valence-corrected chi connectivity index (χ4v) is 2.67. The first-order valence-corrected chi connectivity index (χ1v) is 7.36. The smallest absolute Gasteiger partial charge is 0.137 e. The predicted molar refractivity (Wildman–Crippen MR) is 87.6 cm³/mol. The van der Waals surface area contributed by atoms with E-state index in [1.165, 1.54) is 16.8 Å². The van der Waals surface area contributed by atoms with Gasteiger partial charge in [-0.15, -0.1) is 0 Å². The third kappa shape index (κ3) is 2.45. The maximum absolute atomic E-state index is 5.91. The average Bonchev–Trinajstić information content (AvgIpc) is 2.85. The first-order chi connectivity index (χ1) is 10.1. The summed E-state index contributed by atoms with van der Waals surface area (Å²) in [5.74, 6) is 0.263. The van der Waals surface area contributed by atoms with Crippen LogP contribution in [0.3, 0.4) is 0 Å². The quantitative estimate of drug-likeness (QED) is 0.794. The Morgan fingerprint density at radius 1 is 1.10 bits per heavy atom. The normalized spacial score (nSPS) is 12.8. The number of aryl methyl sites for hydroxylation is 2. The lowest BCUT2D eigenvalue weighted by Crippen LogP contribution is -2.12. The lowest BCUT2D eigenvalue weighted by molar-refractivity contribution is 0.738. The highest BCUT2D eigenvalue weighted by Gasteiger charge is 2.18. The number of rotatable bonds is 3. The summed E-state index contributed by atoms with van der Waals surface area (Å²) in [6.45, 7) is 6.95. The molecule has 0 saturated carbocycles. The molecule has 1 aromatic carbocycles. The third-order valence-electron chi connectivity index (χ3n) is 3.96. The highest BCUT2D eigenvalue weighted by molar-refractivity contribution is 5.67. The summed E-state index contributed by atoms with van der Waals surface area (Å²) in [7, 11) is 0. The molecule has 21 heavy (non-hydrogen) atoms. The predicted octanol–water partition coefficient (Wildman–Crippen LogP) is 3.68. The number of imidazole rings is 1. The first kappa shape index (κ1) is 13.8. The molecule has 3 aromatic rings. The molecular weight excluding hydrogens is 258 g/mol. The second-order valence-electron chi connectivity index (χ2n) is 5.78. The highest BCUT2D eigenvalue weighted by Crippen LogP contribution is 2.30. The van der Waals surface area contributed by atoms with Crippen molar-refractivity contribution in [2.24, 2.45) is 5.73 Å². The fourth-order valence-electron chi connectivity index (χ4n) is 2.67. The molecule has 3 rings (SSSR count). The Morgan fingerprint density at radius 3 is 2.48 bits per heavy atom. The molecule has 2 heterocycles. The molecule has 0 aliphatic heterocycles. The molecule has 0 aliphatic carbocycles. The van der Waals surface area contributed by atoms with Crippen molar-refractivity contribution in [3.05, 3.63) is 59.4 Å². The molecule has 0 spiro atoms. The van der Waals surface area contributed by atoms with Gasteiger partial charge in [-0.1, -0.05) is 36.8 Å². The summed E-state index contributed by atoms with van der Waals surface area (Å²) in [6, 6.07) is 12.8. The van der Waals surface area contributed by atoms with Gasteiger partial charge in [-0.2, -0.15) is 0 Å². The Labute approximate surface area is 125 Å². The maximum atomic E-state index is 5.91. The summed E-state index contributed by atoms with van der Waals surface area (Å²) in [6.07, 6.45) is 2.09. The van der Waals surface area contributed by atoms with Crippen molar-refractivity contribution in [1.82, 2.24) is 9.38 Å². The van der Waals surface area contributed by atoms with Crippen LogP contribution in [-0.4, -0.2) is 15.9 Å². The van der Waals surface area contributed by atoms with Crippen molar-refractivity contribution < 1.29 is 0 Å². The zero-order chi connectivity index (χ0) is 15.0. The molecule has 2 N–H and O–H groups in total. The van der Waals surface area contributed by atoms with E-state index in [0.717, 1.165) is 16.9 Å². The van der Waals surface area contributed by atoms with Crippen molar-refractivity contribution in [3.63, 3.8) is 0 Å². The van der Waals surface area contributed by atoms with Gasteiger partial charge >= 0.3 is 0 Å². The van der Waals surface area contributed by atoms with Gasteiger partial charge in [-0.05, 0) is 31.5 Å². The largest absolute Gasteiger partial charge is 0.330 e. The van der Waals surface area contributed by atoms with Gasteiger partial charge in [0.2, 0.25) is 0 Å². The lowest BCUT2D eigenvalue weighted by Gasteiger charge is -2.11. The van der Waals surface area contributed by atoms with E-state index in [1.807, 2.05) is 0 Å². The van der Waals surface area contributed by atoms with Gasteiger partial charge < -0.3 is 10.1 Å². The van der Waals surface area contributed by atoms with Crippen molar-refractivity contribution >= 4 is 5.65 Å². The van der Waals surface area contributed by atoms with Crippen molar-refractivity contribution in [3.8, 4) is 11.3 Å². The summed E-state index contributed by atoms with van der Waals surface area (Å²) in [4.78, 5) is 4.85. The Kier molecular flexibility index (Phi) is 3.52. The van der Waals surface area contributed by atoms with E-state index in [-0.39, 0.29) is 5.92 Å². The number of pyridine rings is 1. The second kappa shape index (κ2) is 5.34. The van der Waals surface area contributed by atoms with Crippen LogP contribution < -0.4 is 5.73 Å². The van der Waals surface area contributed by atoms with Crippen molar-refractivity contribution in [2.75, 3.05) is 6.54 Å². The second-order valence-corrected chi connectivity index (χ2v) is 5.78. The van der Waals surface area contributed by atoms with Gasteiger partial charge in [-0.25, -0.2) is 4.98 Å². The van der Waals surface area contributed by atoms with Crippen LogP contribution in [0.2, 0.25) is 0 Å². The molecule has 3 nitrogen and oxygen atoms in total. The number of hydrogen-bond acceptors (Lipinski definition) is 2. The fraction of sp³-hybridized carbons (Fsp3) is 0.278. The standard InChI is InChI=1S/C18H21N3/c1-12-4-6-15(7-5-12)17-18(14(3)11-19)21-9-8-13(2)10-16(21)20-17/h4-10,14H,11,19H2,1-3H3. The van der Waals surface area contributed by atoms with Crippen molar-refractivity contribution in [1.29, 1.82) is 0 Å². The van der Waals surface area contributed by atoms with Gasteiger partial charge in [-0.3, -0.25) is 0 Å². The molecular formula is C18H21N3. The lowest BCUT2D eigenvalue weighted by atomic mass is 10.0. The number of aromatic nitrogens is 2. The summed E-state index contributed by atoms with van der Waals surface area (Å²) >= 11 is 0. The van der Waals surface area contributed by atoms with Crippen LogP contribution in [0.1, 0.15) is 29.7 Å². The number of hydrogen-bond donors (Lipinski definition) is 1. The zero-order valence-corrected chi connectivity index (χ0v) is 12.8. The van der Waals surface area contributed by atoms with E-state index in [9.17, 15) is 0 Å². The van der Waals surface area contributed by atoms with Crippen LogP contribution in [0.4, 0.5) is 0 Å². The van der Waals surface area contributed by atoms with Crippen LogP contribution >= 0.6 is 0 Å². The highest BCUT2D eigenvalue weighted by atomic mass is 15.0. The minimum atomic E-state index is 0.263. The Hall–Kier alpha value is -2.13. The summed E-state index contributed by atoms with van der Waals surface area (Å²) in [5, 5.41) is 0. The molecule has 3 heteroatoms. The van der Waals surface area contributed by atoms with Gasteiger partial charge in [0.25, 0.3) is 0 Å². The van der Waals surface area contributed by atoms with E-state index in [2.05, 4.69) is 67.8 Å². The Bertz CT molecular complexity index is 769. The van der Waals surface area contributed by atoms with Crippen LogP contribution in [0.15, 0.2) is 42.6 Å². The Balaban J connectivity index is 2.27. The van der Waals surface area contributed by atoms with Crippen molar-refractivity contribution in [2.45, 2.75) is 26.7 Å². The molecule has 108 valence electrons. The zero-order valence-electron chi connectivity index (χ0n) is 12.8. The van der Waals surface area contributed by atoms with E-state index in [4.69, 9.17) is 10.7 Å². The van der Waals surface area contributed by atoms with Crippen LogP contribution in [-0.2, 0) is 0 Å². The first-order valence-electron chi connectivity index (χ1n) is 7.36. The SMILES string of the molecule is Cc1ccc(-c2nc3cc(C)ccn3c2C(C)CN)cc1. The molecule has 1 atom stereocenters. The van der Waals surface area contributed by atoms with Crippen LogP contribution in [0.25, 0.3) is 16.9 Å². The molecule has 2 aromatic heterocycles. The van der Waals surface area contributed by atoms with Crippen LogP contribution in [0, 0.1) is 13.8 Å². The van der Waals surface area contributed by atoms with Gasteiger partial charge in [0.15, 0.2) is 0 Å². The molecule has 1 unspecified atom stereocenters. The molecule has 0 bridgehead atoms. The monoisotopic (exact) mass is 279 g/mol. The molecule has 0 saturated heterocycles. The third-order valence-corrected chi connectivity index (χ3v) is 3.96. The van der Waals surface area contributed by atoms with E-state index in [0.29, 0.717) is 6.54 Å². The average molecular weight is 279 g/mol. The van der Waals surface area contributed by atoms with Gasteiger partial charge in [0.05, 0.1) is 11.4 Å². The maximum Gasteiger partial charge on any atom is 0.137 e. The topological polar surface area (TPSA) is 43.3 Å². The molecule has 0 radical (unpaired) electrons. The Morgan fingerprint density at radius 2 is 1.81 bits per heavy atom. The van der Waals surface area contributed by atoms with E-state index in [1.54, 1.807) is 0 Å².